The maximum atomic E-state index is 5.68. The monoisotopic (exact) mass is 463 g/mol. The normalized spacial score (nSPS) is 11.5. The minimum absolute atomic E-state index is 0. The van der Waals surface area contributed by atoms with Crippen molar-refractivity contribution < 1.29 is 9.47 Å². The summed E-state index contributed by atoms with van der Waals surface area (Å²) in [7, 11) is 0. The van der Waals surface area contributed by atoms with Crippen molar-refractivity contribution in [3.63, 3.8) is 0 Å². The third kappa shape index (κ3) is 9.77. The molecule has 1 aromatic carbocycles. The van der Waals surface area contributed by atoms with Gasteiger partial charge in [0, 0.05) is 18.6 Å². The third-order valence-electron chi connectivity index (χ3n) is 3.12. The molecule has 0 aromatic heterocycles. The number of benzene rings is 1. The number of guanidine groups is 1. The Bertz CT molecular complexity index is 528. The van der Waals surface area contributed by atoms with Crippen LogP contribution < -0.4 is 20.1 Å². The highest BCUT2D eigenvalue weighted by Gasteiger charge is 2.11. The predicted octanol–water partition coefficient (Wildman–Crippen LogP) is 4.00. The van der Waals surface area contributed by atoms with Gasteiger partial charge in [-0.2, -0.15) is 0 Å². The van der Waals surface area contributed by atoms with E-state index in [4.69, 9.17) is 9.47 Å². The van der Waals surface area contributed by atoms with Gasteiger partial charge in [-0.15, -0.1) is 24.0 Å². The van der Waals surface area contributed by atoms with Gasteiger partial charge in [-0.05, 0) is 65.7 Å². The van der Waals surface area contributed by atoms with Crippen LogP contribution in [0.2, 0.25) is 0 Å². The fourth-order valence-corrected chi connectivity index (χ4v) is 2.21. The summed E-state index contributed by atoms with van der Waals surface area (Å²) in [5, 5.41) is 6.67. The van der Waals surface area contributed by atoms with Crippen LogP contribution >= 0.6 is 24.0 Å². The molecule has 0 atom stereocenters. The second-order valence-corrected chi connectivity index (χ2v) is 6.53. The average molecular weight is 463 g/mol. The molecule has 1 rings (SSSR count). The molecule has 0 aliphatic heterocycles. The van der Waals surface area contributed by atoms with Gasteiger partial charge in [0.2, 0.25) is 0 Å². The molecule has 0 aliphatic carbocycles. The van der Waals surface area contributed by atoms with Crippen LogP contribution in [0.4, 0.5) is 0 Å². The summed E-state index contributed by atoms with van der Waals surface area (Å²) in [4.78, 5) is 4.65. The topological polar surface area (TPSA) is 54.9 Å². The van der Waals surface area contributed by atoms with Crippen LogP contribution in [0.15, 0.2) is 23.2 Å². The molecule has 0 radical (unpaired) electrons. The van der Waals surface area contributed by atoms with Crippen molar-refractivity contribution in [1.29, 1.82) is 0 Å². The van der Waals surface area contributed by atoms with E-state index in [0.29, 0.717) is 19.8 Å². The predicted molar refractivity (Wildman–Crippen MR) is 117 cm³/mol. The highest BCUT2D eigenvalue weighted by atomic mass is 127. The van der Waals surface area contributed by atoms with Gasteiger partial charge in [-0.1, -0.05) is 6.07 Å². The zero-order valence-electron chi connectivity index (χ0n) is 16.4. The summed E-state index contributed by atoms with van der Waals surface area (Å²) in [6, 6.07) is 6.10. The molecule has 6 heteroatoms. The van der Waals surface area contributed by atoms with E-state index in [1.165, 1.54) is 5.56 Å². The number of hydrogen-bond acceptors (Lipinski definition) is 3. The summed E-state index contributed by atoms with van der Waals surface area (Å²) in [6.45, 7) is 15.2. The number of hydrogen-bond donors (Lipinski definition) is 2. The molecular weight excluding hydrogens is 429 g/mol. The zero-order valence-corrected chi connectivity index (χ0v) is 18.8. The molecule has 144 valence electrons. The second kappa shape index (κ2) is 12.2. The molecule has 0 saturated carbocycles. The minimum atomic E-state index is -0.0116. The first-order chi connectivity index (χ1) is 11.4. The van der Waals surface area contributed by atoms with Gasteiger partial charge in [0.15, 0.2) is 17.5 Å². The largest absolute Gasteiger partial charge is 0.490 e. The molecule has 0 unspecified atom stereocenters. The maximum Gasteiger partial charge on any atom is 0.191 e. The van der Waals surface area contributed by atoms with E-state index in [9.17, 15) is 0 Å². The van der Waals surface area contributed by atoms with Crippen molar-refractivity contribution in [2.45, 2.75) is 53.5 Å². The van der Waals surface area contributed by atoms with E-state index < -0.39 is 0 Å². The Labute approximate surface area is 170 Å². The second-order valence-electron chi connectivity index (χ2n) is 6.53. The minimum Gasteiger partial charge on any atom is -0.490 e. The SMILES string of the molecule is CCNC(=NCCc1ccc(OCC)c(OCC)c1)NC(C)(C)C.I. The fraction of sp³-hybridized carbons (Fsp3) is 0.632. The summed E-state index contributed by atoms with van der Waals surface area (Å²) >= 11 is 0. The van der Waals surface area contributed by atoms with Gasteiger partial charge in [0.25, 0.3) is 0 Å². The molecule has 0 heterocycles. The summed E-state index contributed by atoms with van der Waals surface area (Å²) in [5.74, 6) is 2.45. The van der Waals surface area contributed by atoms with Crippen LogP contribution in [0.5, 0.6) is 11.5 Å². The third-order valence-corrected chi connectivity index (χ3v) is 3.12. The van der Waals surface area contributed by atoms with E-state index in [0.717, 1.165) is 30.4 Å². The molecular formula is C19H34IN3O2. The fourth-order valence-electron chi connectivity index (χ4n) is 2.21. The molecule has 25 heavy (non-hydrogen) atoms. The van der Waals surface area contributed by atoms with E-state index in [2.05, 4.69) is 49.4 Å². The van der Waals surface area contributed by atoms with Crippen LogP contribution in [0.25, 0.3) is 0 Å². The first-order valence-electron chi connectivity index (χ1n) is 8.84. The number of rotatable bonds is 8. The van der Waals surface area contributed by atoms with Crippen molar-refractivity contribution in [3.8, 4) is 11.5 Å². The van der Waals surface area contributed by atoms with E-state index in [1.54, 1.807) is 0 Å². The van der Waals surface area contributed by atoms with Crippen molar-refractivity contribution >= 4 is 29.9 Å². The lowest BCUT2D eigenvalue weighted by molar-refractivity contribution is 0.287. The molecule has 0 bridgehead atoms. The number of ether oxygens (including phenoxy) is 2. The van der Waals surface area contributed by atoms with Gasteiger partial charge in [-0.3, -0.25) is 4.99 Å². The number of nitrogens with zero attached hydrogens (tertiary/aromatic N) is 1. The first kappa shape index (κ1) is 23.8. The van der Waals surface area contributed by atoms with Crippen molar-refractivity contribution in [2.75, 3.05) is 26.3 Å². The van der Waals surface area contributed by atoms with Crippen LogP contribution in [-0.2, 0) is 6.42 Å². The van der Waals surface area contributed by atoms with Crippen LogP contribution in [0.1, 0.15) is 47.1 Å². The molecule has 2 N–H and O–H groups in total. The molecule has 5 nitrogen and oxygen atoms in total. The van der Waals surface area contributed by atoms with Gasteiger partial charge in [0.1, 0.15) is 0 Å². The summed E-state index contributed by atoms with van der Waals surface area (Å²) in [6.07, 6.45) is 0.854. The average Bonchev–Trinajstić information content (AvgIpc) is 2.49. The zero-order chi connectivity index (χ0) is 18.0. The summed E-state index contributed by atoms with van der Waals surface area (Å²) < 4.78 is 11.3. The van der Waals surface area contributed by atoms with Crippen molar-refractivity contribution in [1.82, 2.24) is 10.6 Å². The van der Waals surface area contributed by atoms with E-state index in [1.807, 2.05) is 26.0 Å². The van der Waals surface area contributed by atoms with E-state index >= 15 is 0 Å². The van der Waals surface area contributed by atoms with Gasteiger partial charge in [0.05, 0.1) is 13.2 Å². The van der Waals surface area contributed by atoms with Gasteiger partial charge >= 0.3 is 0 Å². The molecule has 0 amide bonds. The smallest absolute Gasteiger partial charge is 0.191 e. The Balaban J connectivity index is 0.00000576. The Morgan fingerprint density at radius 2 is 1.68 bits per heavy atom. The number of aliphatic imine (C=N–C) groups is 1. The standard InChI is InChI=1S/C19H33N3O2.HI/c1-7-20-18(22-19(4,5)6)21-13-12-15-10-11-16(23-8-2)17(14-15)24-9-3;/h10-11,14H,7-9,12-13H2,1-6H3,(H2,20,21,22);1H. The van der Waals surface area contributed by atoms with Crippen LogP contribution in [0, 0.1) is 0 Å². The quantitative estimate of drug-likeness (QED) is 0.348. The van der Waals surface area contributed by atoms with Gasteiger partial charge < -0.3 is 20.1 Å². The Kier molecular flexibility index (Phi) is 11.6. The van der Waals surface area contributed by atoms with Crippen molar-refractivity contribution in [2.24, 2.45) is 4.99 Å². The lowest BCUT2D eigenvalue weighted by Gasteiger charge is -2.23. The Morgan fingerprint density at radius 3 is 2.24 bits per heavy atom. The number of nitrogens with one attached hydrogen (secondary N) is 2. The molecule has 0 fully saturated rings. The van der Waals surface area contributed by atoms with Crippen LogP contribution in [-0.4, -0.2) is 37.8 Å². The molecule has 0 aliphatic rings. The highest BCUT2D eigenvalue weighted by Crippen LogP contribution is 2.28. The molecule has 0 spiro atoms. The molecule has 0 saturated heterocycles. The van der Waals surface area contributed by atoms with Gasteiger partial charge in [-0.25, -0.2) is 0 Å². The lowest BCUT2D eigenvalue weighted by Crippen LogP contribution is -2.47. The Morgan fingerprint density at radius 1 is 1.04 bits per heavy atom. The van der Waals surface area contributed by atoms with Crippen LogP contribution in [0.3, 0.4) is 0 Å². The van der Waals surface area contributed by atoms with E-state index in [-0.39, 0.29) is 29.5 Å². The summed E-state index contributed by atoms with van der Waals surface area (Å²) in [5.41, 5.74) is 1.18. The molecule has 1 aromatic rings. The Hall–Kier alpha value is -1.18. The lowest BCUT2D eigenvalue weighted by atomic mass is 10.1. The maximum absolute atomic E-state index is 5.68. The highest BCUT2D eigenvalue weighted by molar-refractivity contribution is 14.0. The number of halogens is 1. The first-order valence-corrected chi connectivity index (χ1v) is 8.84. The van der Waals surface area contributed by atoms with Crippen molar-refractivity contribution in [3.05, 3.63) is 23.8 Å².